The van der Waals surface area contributed by atoms with Gasteiger partial charge in [0.05, 0.1) is 5.71 Å². The van der Waals surface area contributed by atoms with Crippen LogP contribution in [0.4, 0.5) is 0 Å². The molecule has 1 atom stereocenters. The highest BCUT2D eigenvalue weighted by atomic mass is 14.4. The van der Waals surface area contributed by atoms with E-state index in [4.69, 9.17) is 5.41 Å². The first-order chi connectivity index (χ1) is 10.2. The first kappa shape index (κ1) is 13.6. The highest BCUT2D eigenvalue weighted by Crippen LogP contribution is 2.35. The summed E-state index contributed by atoms with van der Waals surface area (Å²) in [6, 6.07) is 18.2. The van der Waals surface area contributed by atoms with E-state index in [9.17, 15) is 0 Å². The van der Waals surface area contributed by atoms with Gasteiger partial charge in [0.15, 0.2) is 0 Å². The maximum Gasteiger partial charge on any atom is 0.0687 e. The molecule has 0 bridgehead atoms. The largest absolute Gasteiger partial charge is 0.300 e. The molecule has 1 aliphatic rings. The van der Waals surface area contributed by atoms with Gasteiger partial charge in [-0.15, -0.1) is 0 Å². The van der Waals surface area contributed by atoms with Gasteiger partial charge in [-0.2, -0.15) is 0 Å². The summed E-state index contributed by atoms with van der Waals surface area (Å²) in [7, 11) is 0. The van der Waals surface area contributed by atoms with E-state index in [1.807, 2.05) is 36.4 Å². The summed E-state index contributed by atoms with van der Waals surface area (Å²) < 4.78 is 0. The minimum Gasteiger partial charge on any atom is -0.300 e. The van der Waals surface area contributed by atoms with Crippen LogP contribution in [-0.2, 0) is 0 Å². The van der Waals surface area contributed by atoms with Crippen molar-refractivity contribution >= 4 is 5.71 Å². The van der Waals surface area contributed by atoms with E-state index in [2.05, 4.69) is 44.2 Å². The Bertz CT molecular complexity index is 735. The van der Waals surface area contributed by atoms with Crippen LogP contribution in [0.25, 0.3) is 0 Å². The van der Waals surface area contributed by atoms with Crippen LogP contribution in [0.1, 0.15) is 36.5 Å². The number of benzene rings is 2. The number of hydrogen-bond donors (Lipinski definition) is 1. The van der Waals surface area contributed by atoms with Crippen molar-refractivity contribution in [2.24, 2.45) is 0 Å². The average Bonchev–Trinajstić information content (AvgIpc) is 2.86. The Morgan fingerprint density at radius 1 is 0.905 bits per heavy atom. The number of hydrogen-bond acceptors (Lipinski definition) is 1. The summed E-state index contributed by atoms with van der Waals surface area (Å²) in [5.41, 5.74) is 6.45. The fraction of sp³-hybridized carbons (Fsp3) is 0.150. The zero-order chi connectivity index (χ0) is 14.8. The maximum absolute atomic E-state index is 8.55. The second kappa shape index (κ2) is 5.53. The molecule has 104 valence electrons. The summed E-state index contributed by atoms with van der Waals surface area (Å²) in [4.78, 5) is 0. The van der Waals surface area contributed by atoms with Gasteiger partial charge in [0.1, 0.15) is 0 Å². The lowest BCUT2D eigenvalue weighted by Gasteiger charge is -2.17. The Labute approximate surface area is 126 Å². The molecule has 0 heterocycles. The van der Waals surface area contributed by atoms with Crippen LogP contribution in [0.2, 0.25) is 0 Å². The van der Waals surface area contributed by atoms with Crippen LogP contribution in [0.15, 0.2) is 77.9 Å². The molecule has 1 aliphatic carbocycles. The lowest BCUT2D eigenvalue weighted by molar-refractivity contribution is 1.01. The van der Waals surface area contributed by atoms with Crippen LogP contribution < -0.4 is 0 Å². The second-order valence-corrected chi connectivity index (χ2v) is 5.60. The highest BCUT2D eigenvalue weighted by molar-refractivity contribution is 6.11. The van der Waals surface area contributed by atoms with Crippen LogP contribution in [-0.4, -0.2) is 5.71 Å². The Morgan fingerprint density at radius 3 is 2.24 bits per heavy atom. The van der Waals surface area contributed by atoms with E-state index < -0.39 is 0 Å². The first-order valence-corrected chi connectivity index (χ1v) is 7.26. The van der Waals surface area contributed by atoms with Crippen molar-refractivity contribution in [1.29, 1.82) is 5.41 Å². The fourth-order valence-electron chi connectivity index (χ4n) is 2.98. The van der Waals surface area contributed by atoms with E-state index in [-0.39, 0.29) is 0 Å². The molecule has 1 heteroatoms. The molecule has 0 saturated carbocycles. The Kier molecular flexibility index (Phi) is 3.57. The van der Waals surface area contributed by atoms with Crippen molar-refractivity contribution in [2.45, 2.75) is 19.8 Å². The molecule has 0 aromatic heterocycles. The molecule has 1 nitrogen and oxygen atoms in total. The van der Waals surface area contributed by atoms with E-state index in [1.165, 1.54) is 16.7 Å². The first-order valence-electron chi connectivity index (χ1n) is 7.26. The van der Waals surface area contributed by atoms with Crippen LogP contribution in [0.3, 0.4) is 0 Å². The third kappa shape index (κ3) is 2.59. The van der Waals surface area contributed by atoms with Crippen molar-refractivity contribution in [3.05, 3.63) is 94.6 Å². The third-order valence-electron chi connectivity index (χ3n) is 4.00. The lowest BCUT2D eigenvalue weighted by atomic mass is 9.87. The van der Waals surface area contributed by atoms with Gasteiger partial charge < -0.3 is 0 Å². The van der Waals surface area contributed by atoms with Gasteiger partial charge in [-0.3, -0.25) is 5.41 Å². The zero-order valence-electron chi connectivity index (χ0n) is 12.4. The van der Waals surface area contributed by atoms with Crippen LogP contribution in [0.5, 0.6) is 0 Å². The van der Waals surface area contributed by atoms with Gasteiger partial charge in [-0.05, 0) is 19.4 Å². The number of allylic oxidation sites excluding steroid dienone is 4. The van der Waals surface area contributed by atoms with E-state index in [1.54, 1.807) is 0 Å². The molecular formula is C20H19N. The maximum atomic E-state index is 8.55. The van der Waals surface area contributed by atoms with E-state index in [0.29, 0.717) is 11.6 Å². The third-order valence-corrected chi connectivity index (χ3v) is 4.00. The van der Waals surface area contributed by atoms with Gasteiger partial charge in [-0.25, -0.2) is 0 Å². The molecule has 0 radical (unpaired) electrons. The molecule has 0 spiro atoms. The Hall–Kier alpha value is -2.41. The minimum atomic E-state index is 0.297. The average molecular weight is 273 g/mol. The van der Waals surface area contributed by atoms with Crippen molar-refractivity contribution in [3.8, 4) is 0 Å². The van der Waals surface area contributed by atoms with Crippen molar-refractivity contribution in [2.75, 3.05) is 0 Å². The standard InChI is InChI=1S/C20H19N/c1-14-12-15(2)19(13-14)17-10-6-7-11-18(17)20(21)16-8-4-3-5-9-16/h3-13,19,21H,1-2H3. The Balaban J connectivity index is 2.06. The summed E-state index contributed by atoms with van der Waals surface area (Å²) in [5.74, 6) is 0.297. The molecule has 0 amide bonds. The molecule has 0 fully saturated rings. The van der Waals surface area contributed by atoms with Crippen molar-refractivity contribution < 1.29 is 0 Å². The molecule has 2 aromatic rings. The molecule has 3 rings (SSSR count). The topological polar surface area (TPSA) is 23.9 Å². The van der Waals surface area contributed by atoms with Crippen molar-refractivity contribution in [3.63, 3.8) is 0 Å². The summed E-state index contributed by atoms with van der Waals surface area (Å²) >= 11 is 0. The van der Waals surface area contributed by atoms with Gasteiger partial charge in [0, 0.05) is 17.0 Å². The lowest BCUT2D eigenvalue weighted by Crippen LogP contribution is -2.08. The zero-order valence-corrected chi connectivity index (χ0v) is 12.4. The van der Waals surface area contributed by atoms with Crippen LogP contribution >= 0.6 is 0 Å². The number of rotatable bonds is 3. The predicted molar refractivity (Wildman–Crippen MR) is 89.1 cm³/mol. The van der Waals surface area contributed by atoms with Crippen LogP contribution in [0, 0.1) is 5.41 Å². The fourth-order valence-corrected chi connectivity index (χ4v) is 2.98. The minimum absolute atomic E-state index is 0.297. The van der Waals surface area contributed by atoms with E-state index >= 15 is 0 Å². The Morgan fingerprint density at radius 2 is 1.57 bits per heavy atom. The number of nitrogens with one attached hydrogen (secondary N) is 1. The SMILES string of the molecule is CC1=CC(c2ccccc2C(=N)c2ccccc2)C(C)=C1. The van der Waals surface area contributed by atoms with Crippen molar-refractivity contribution in [1.82, 2.24) is 0 Å². The normalized spacial score (nSPS) is 17.3. The molecule has 21 heavy (non-hydrogen) atoms. The highest BCUT2D eigenvalue weighted by Gasteiger charge is 2.20. The molecule has 1 N–H and O–H groups in total. The van der Waals surface area contributed by atoms with Gasteiger partial charge >= 0.3 is 0 Å². The molecule has 0 aliphatic heterocycles. The summed E-state index contributed by atoms with van der Waals surface area (Å²) in [6.07, 6.45) is 4.51. The molecular weight excluding hydrogens is 254 g/mol. The molecule has 1 unspecified atom stereocenters. The van der Waals surface area contributed by atoms with Gasteiger partial charge in [-0.1, -0.05) is 77.9 Å². The predicted octanol–water partition coefficient (Wildman–Crippen LogP) is 5.09. The molecule has 0 saturated heterocycles. The quantitative estimate of drug-likeness (QED) is 0.753. The smallest absolute Gasteiger partial charge is 0.0687 e. The summed E-state index contributed by atoms with van der Waals surface area (Å²) in [5, 5.41) is 8.55. The molecule has 2 aromatic carbocycles. The monoisotopic (exact) mass is 273 g/mol. The van der Waals surface area contributed by atoms with Gasteiger partial charge in [0.25, 0.3) is 0 Å². The van der Waals surface area contributed by atoms with Gasteiger partial charge in [0.2, 0.25) is 0 Å². The van der Waals surface area contributed by atoms with E-state index in [0.717, 1.165) is 11.1 Å². The summed E-state index contributed by atoms with van der Waals surface area (Å²) in [6.45, 7) is 4.30. The second-order valence-electron chi connectivity index (χ2n) is 5.60.